The van der Waals surface area contributed by atoms with E-state index >= 15 is 0 Å². The summed E-state index contributed by atoms with van der Waals surface area (Å²) in [4.78, 5) is 23.1. The minimum Gasteiger partial charge on any atom is -0.460 e. The van der Waals surface area contributed by atoms with Gasteiger partial charge in [0.2, 0.25) is 0 Å². The van der Waals surface area contributed by atoms with Crippen LogP contribution < -0.4 is 0 Å². The Balaban J connectivity index is 4.02. The first-order valence-electron chi connectivity index (χ1n) is 8.69. The fourth-order valence-electron chi connectivity index (χ4n) is 1.75. The minimum absolute atomic E-state index is 0.0400. The van der Waals surface area contributed by atoms with Gasteiger partial charge in [0.15, 0.2) is 0 Å². The summed E-state index contributed by atoms with van der Waals surface area (Å²) in [7, 11) is 0. The third-order valence-corrected chi connectivity index (χ3v) is 2.78. The Bertz CT molecular complexity index is 397. The van der Waals surface area contributed by atoms with Gasteiger partial charge in [-0.15, -0.1) is 0 Å². The van der Waals surface area contributed by atoms with Gasteiger partial charge in [-0.3, -0.25) is 9.59 Å². The SMILES string of the molecule is CC(C)(C)OC(=O)CCOCC(O)(CO)COCCC(=O)OC(C)(C)C. The predicted molar refractivity (Wildman–Crippen MR) is 94.6 cm³/mol. The second kappa shape index (κ2) is 10.8. The molecular weight excluding hydrogens is 344 g/mol. The van der Waals surface area contributed by atoms with Gasteiger partial charge in [0.25, 0.3) is 0 Å². The molecule has 0 saturated carbocycles. The molecule has 8 heteroatoms. The van der Waals surface area contributed by atoms with Gasteiger partial charge in [-0.05, 0) is 41.5 Å². The van der Waals surface area contributed by atoms with Gasteiger partial charge in [0.05, 0.1) is 45.9 Å². The summed E-state index contributed by atoms with van der Waals surface area (Å²) in [5, 5.41) is 19.5. The fourth-order valence-corrected chi connectivity index (χ4v) is 1.75. The lowest BCUT2D eigenvalue weighted by atomic mass is 10.1. The molecule has 0 amide bonds. The monoisotopic (exact) mass is 378 g/mol. The zero-order chi connectivity index (χ0) is 20.4. The lowest BCUT2D eigenvalue weighted by Gasteiger charge is -2.26. The highest BCUT2D eigenvalue weighted by atomic mass is 16.6. The Morgan fingerprint density at radius 3 is 1.38 bits per heavy atom. The molecule has 0 aromatic rings. The van der Waals surface area contributed by atoms with Crippen LogP contribution >= 0.6 is 0 Å². The van der Waals surface area contributed by atoms with Crippen molar-refractivity contribution in [2.75, 3.05) is 33.0 Å². The first-order chi connectivity index (χ1) is 11.8. The molecule has 26 heavy (non-hydrogen) atoms. The van der Waals surface area contributed by atoms with Gasteiger partial charge < -0.3 is 29.2 Å². The van der Waals surface area contributed by atoms with Crippen LogP contribution in [0.3, 0.4) is 0 Å². The molecule has 0 saturated heterocycles. The summed E-state index contributed by atoms with van der Waals surface area (Å²) in [6.07, 6.45) is 0.0799. The molecule has 0 heterocycles. The van der Waals surface area contributed by atoms with Crippen LogP contribution in [0.2, 0.25) is 0 Å². The topological polar surface area (TPSA) is 112 Å². The summed E-state index contributed by atoms with van der Waals surface area (Å²) in [5.74, 6) is -0.808. The Morgan fingerprint density at radius 2 is 1.12 bits per heavy atom. The number of carbonyl (C=O) groups is 2. The van der Waals surface area contributed by atoms with E-state index in [0.29, 0.717) is 0 Å². The van der Waals surface area contributed by atoms with E-state index in [1.54, 1.807) is 41.5 Å². The highest BCUT2D eigenvalue weighted by Crippen LogP contribution is 2.11. The van der Waals surface area contributed by atoms with Crippen molar-refractivity contribution in [1.29, 1.82) is 0 Å². The number of rotatable bonds is 11. The Kier molecular flexibility index (Phi) is 10.3. The highest BCUT2D eigenvalue weighted by molar-refractivity contribution is 5.70. The van der Waals surface area contributed by atoms with Crippen molar-refractivity contribution in [2.45, 2.75) is 71.2 Å². The average Bonchev–Trinajstić information content (AvgIpc) is 2.45. The van der Waals surface area contributed by atoms with E-state index in [4.69, 9.17) is 18.9 Å². The van der Waals surface area contributed by atoms with Gasteiger partial charge in [0.1, 0.15) is 16.8 Å². The van der Waals surface area contributed by atoms with Gasteiger partial charge in [-0.2, -0.15) is 0 Å². The summed E-state index contributed by atoms with van der Waals surface area (Å²) >= 11 is 0. The molecule has 0 spiro atoms. The van der Waals surface area contributed by atoms with Crippen molar-refractivity contribution in [3.8, 4) is 0 Å². The number of hydrogen-bond donors (Lipinski definition) is 2. The molecule has 0 aromatic heterocycles. The zero-order valence-corrected chi connectivity index (χ0v) is 16.8. The molecule has 0 aliphatic rings. The zero-order valence-electron chi connectivity index (χ0n) is 16.8. The predicted octanol–water partition coefficient (Wildman–Crippen LogP) is 1.21. The summed E-state index contributed by atoms with van der Waals surface area (Å²) in [6, 6.07) is 0. The van der Waals surface area contributed by atoms with Gasteiger partial charge >= 0.3 is 11.9 Å². The summed E-state index contributed by atoms with van der Waals surface area (Å²) < 4.78 is 20.7. The molecule has 0 radical (unpaired) electrons. The molecule has 8 nitrogen and oxygen atoms in total. The number of esters is 2. The molecular formula is C18H34O8. The van der Waals surface area contributed by atoms with E-state index in [0.717, 1.165) is 0 Å². The molecule has 0 rings (SSSR count). The number of ether oxygens (including phenoxy) is 4. The summed E-state index contributed by atoms with van der Waals surface area (Å²) in [5.41, 5.74) is -2.74. The highest BCUT2D eigenvalue weighted by Gasteiger charge is 2.27. The molecule has 0 atom stereocenters. The van der Waals surface area contributed by atoms with Crippen LogP contribution in [0, 0.1) is 0 Å². The average molecular weight is 378 g/mol. The van der Waals surface area contributed by atoms with Crippen LogP contribution in [0.1, 0.15) is 54.4 Å². The fraction of sp³-hybridized carbons (Fsp3) is 0.889. The minimum atomic E-state index is -1.61. The quantitative estimate of drug-likeness (QED) is 0.408. The van der Waals surface area contributed by atoms with Crippen molar-refractivity contribution in [2.24, 2.45) is 0 Å². The van der Waals surface area contributed by atoms with E-state index in [1.807, 2.05) is 0 Å². The number of hydrogen-bond acceptors (Lipinski definition) is 8. The normalized spacial score (nSPS) is 12.8. The van der Waals surface area contributed by atoms with Crippen molar-refractivity contribution in [1.82, 2.24) is 0 Å². The smallest absolute Gasteiger partial charge is 0.308 e. The van der Waals surface area contributed by atoms with Gasteiger partial charge in [-0.25, -0.2) is 0 Å². The maximum Gasteiger partial charge on any atom is 0.308 e. The number of aliphatic hydroxyl groups excluding tert-OH is 1. The molecule has 0 aliphatic heterocycles. The summed E-state index contributed by atoms with van der Waals surface area (Å²) in [6.45, 7) is 9.72. The lowest BCUT2D eigenvalue weighted by molar-refractivity contribution is -0.158. The van der Waals surface area contributed by atoms with E-state index < -0.39 is 35.3 Å². The van der Waals surface area contributed by atoms with E-state index in [-0.39, 0.29) is 39.3 Å². The molecule has 0 fully saturated rings. The van der Waals surface area contributed by atoms with Crippen LogP contribution in [0.4, 0.5) is 0 Å². The first-order valence-corrected chi connectivity index (χ1v) is 8.69. The third-order valence-electron chi connectivity index (χ3n) is 2.78. The Morgan fingerprint density at radius 1 is 0.769 bits per heavy atom. The van der Waals surface area contributed by atoms with Gasteiger partial charge in [0, 0.05) is 0 Å². The number of carbonyl (C=O) groups excluding carboxylic acids is 2. The van der Waals surface area contributed by atoms with Crippen LogP contribution in [0.25, 0.3) is 0 Å². The second-order valence-corrected chi connectivity index (χ2v) is 8.16. The van der Waals surface area contributed by atoms with Crippen molar-refractivity contribution in [3.05, 3.63) is 0 Å². The van der Waals surface area contributed by atoms with Crippen LogP contribution in [-0.4, -0.2) is 72.0 Å². The van der Waals surface area contributed by atoms with Gasteiger partial charge in [-0.1, -0.05) is 0 Å². The van der Waals surface area contributed by atoms with Crippen molar-refractivity contribution < 1.29 is 38.7 Å². The molecule has 0 unspecified atom stereocenters. The maximum absolute atomic E-state index is 11.5. The molecule has 154 valence electrons. The first kappa shape index (κ1) is 24.8. The van der Waals surface area contributed by atoms with Crippen molar-refractivity contribution >= 4 is 11.9 Å². The van der Waals surface area contributed by atoms with E-state index in [1.165, 1.54) is 0 Å². The van der Waals surface area contributed by atoms with Crippen LogP contribution in [0.5, 0.6) is 0 Å². The standard InChI is InChI=1S/C18H34O8/c1-16(2,3)25-14(20)7-9-23-12-18(22,11-19)13-24-10-8-15(21)26-17(4,5)6/h19,22H,7-13H2,1-6H3. The molecule has 0 bridgehead atoms. The van der Waals surface area contributed by atoms with E-state index in [9.17, 15) is 19.8 Å². The van der Waals surface area contributed by atoms with Crippen LogP contribution in [0.15, 0.2) is 0 Å². The van der Waals surface area contributed by atoms with E-state index in [2.05, 4.69) is 0 Å². The third kappa shape index (κ3) is 14.0. The maximum atomic E-state index is 11.5. The lowest BCUT2D eigenvalue weighted by Crippen LogP contribution is -2.43. The number of aliphatic hydroxyl groups is 2. The Labute approximate surface area is 155 Å². The van der Waals surface area contributed by atoms with Crippen LogP contribution in [-0.2, 0) is 28.5 Å². The molecule has 0 aliphatic carbocycles. The Hall–Kier alpha value is -1.22. The molecule has 0 aromatic carbocycles. The largest absolute Gasteiger partial charge is 0.460 e. The molecule has 2 N–H and O–H groups in total. The second-order valence-electron chi connectivity index (χ2n) is 8.16. The van der Waals surface area contributed by atoms with Crippen molar-refractivity contribution in [3.63, 3.8) is 0 Å².